The summed E-state index contributed by atoms with van der Waals surface area (Å²) in [6.07, 6.45) is 1.16. The molecule has 1 atom stereocenters. The molecule has 2 heterocycles. The monoisotopic (exact) mass is 469 g/mol. The van der Waals surface area contributed by atoms with Gasteiger partial charge < -0.3 is 5.73 Å². The standard InChI is InChI=1S/C24H24ClN3OS2/c1-4-30-23-16(9-10-31-23)20-17(13-26)22(27)28(15-7-5-14(25)6-8-15)18-11-24(2,3)12-19(29)21(18)20/h5-10,20H,4,11-12,27H2,1-3H3/t20-/m1/s1. The third-order valence-corrected chi connectivity index (χ3v) is 8.11. The van der Waals surface area contributed by atoms with E-state index in [2.05, 4.69) is 26.8 Å². The van der Waals surface area contributed by atoms with Crippen molar-refractivity contribution in [2.45, 2.75) is 43.7 Å². The molecule has 0 radical (unpaired) electrons. The maximum atomic E-state index is 13.5. The number of allylic oxidation sites excluding steroid dienone is 3. The molecule has 0 bridgehead atoms. The normalized spacial score (nSPS) is 20.7. The Labute approximate surface area is 196 Å². The second-order valence-corrected chi connectivity index (χ2v) is 11.4. The highest BCUT2D eigenvalue weighted by atomic mass is 35.5. The van der Waals surface area contributed by atoms with Gasteiger partial charge in [0.2, 0.25) is 0 Å². The fraction of sp³-hybridized carbons (Fsp3) is 0.333. The zero-order valence-electron chi connectivity index (χ0n) is 17.7. The lowest BCUT2D eigenvalue weighted by molar-refractivity contribution is -0.118. The molecule has 160 valence electrons. The van der Waals surface area contributed by atoms with Crippen molar-refractivity contribution in [1.82, 2.24) is 0 Å². The number of hydrogen-bond acceptors (Lipinski definition) is 6. The molecule has 0 spiro atoms. The Kier molecular flexibility index (Phi) is 5.95. The SMILES string of the molecule is CCSc1sccc1[C@@H]1C(C#N)=C(N)N(c2ccc(Cl)cc2)C2=C1C(=O)CC(C)(C)C2. The molecule has 0 amide bonds. The number of nitrogens with two attached hydrogens (primary N) is 1. The third kappa shape index (κ3) is 3.91. The van der Waals surface area contributed by atoms with E-state index < -0.39 is 5.92 Å². The number of nitrogens with zero attached hydrogens (tertiary/aromatic N) is 2. The number of thiophene rings is 1. The average molecular weight is 470 g/mol. The fourth-order valence-electron chi connectivity index (χ4n) is 4.47. The lowest BCUT2D eigenvalue weighted by atomic mass is 9.69. The van der Waals surface area contributed by atoms with E-state index in [1.54, 1.807) is 35.2 Å². The number of halogens is 1. The van der Waals surface area contributed by atoms with Gasteiger partial charge in [0.1, 0.15) is 5.82 Å². The summed E-state index contributed by atoms with van der Waals surface area (Å²) < 4.78 is 1.14. The zero-order valence-corrected chi connectivity index (χ0v) is 20.1. The van der Waals surface area contributed by atoms with Crippen molar-refractivity contribution in [1.29, 1.82) is 5.26 Å². The molecule has 0 unspecified atom stereocenters. The van der Waals surface area contributed by atoms with Gasteiger partial charge in [-0.25, -0.2) is 0 Å². The van der Waals surface area contributed by atoms with Crippen LogP contribution in [0.3, 0.4) is 0 Å². The van der Waals surface area contributed by atoms with Crippen LogP contribution in [-0.4, -0.2) is 11.5 Å². The molecule has 1 aliphatic carbocycles. The number of carbonyl (C=O) groups is 1. The molecule has 31 heavy (non-hydrogen) atoms. The molecule has 2 aliphatic rings. The number of nitriles is 1. The number of hydrogen-bond donors (Lipinski definition) is 1. The van der Waals surface area contributed by atoms with Gasteiger partial charge in [0.15, 0.2) is 5.78 Å². The Morgan fingerprint density at radius 3 is 2.65 bits per heavy atom. The molecule has 1 aliphatic heterocycles. The van der Waals surface area contributed by atoms with Crippen molar-refractivity contribution >= 4 is 46.2 Å². The summed E-state index contributed by atoms with van der Waals surface area (Å²) in [7, 11) is 0. The van der Waals surface area contributed by atoms with Crippen LogP contribution in [0.2, 0.25) is 5.02 Å². The molecular weight excluding hydrogens is 446 g/mol. The average Bonchev–Trinajstić information content (AvgIpc) is 3.15. The molecule has 0 fully saturated rings. The number of rotatable bonds is 4. The van der Waals surface area contributed by atoms with Crippen LogP contribution in [0.15, 0.2) is 62.6 Å². The maximum absolute atomic E-state index is 13.5. The van der Waals surface area contributed by atoms with Crippen LogP contribution in [0, 0.1) is 16.7 Å². The van der Waals surface area contributed by atoms with Crippen LogP contribution in [0.4, 0.5) is 5.69 Å². The molecule has 1 aromatic carbocycles. The van der Waals surface area contributed by atoms with Crippen molar-refractivity contribution in [3.05, 3.63) is 69.0 Å². The highest BCUT2D eigenvalue weighted by Gasteiger charge is 2.45. The summed E-state index contributed by atoms with van der Waals surface area (Å²) in [5.74, 6) is 0.977. The first-order chi connectivity index (χ1) is 14.8. The molecular formula is C24H24ClN3OS2. The predicted octanol–water partition coefficient (Wildman–Crippen LogP) is 6.45. The maximum Gasteiger partial charge on any atom is 0.162 e. The van der Waals surface area contributed by atoms with Crippen molar-refractivity contribution < 1.29 is 4.79 Å². The van der Waals surface area contributed by atoms with Gasteiger partial charge in [-0.15, -0.1) is 23.1 Å². The van der Waals surface area contributed by atoms with E-state index in [0.717, 1.165) is 26.9 Å². The van der Waals surface area contributed by atoms with E-state index >= 15 is 0 Å². The summed E-state index contributed by atoms with van der Waals surface area (Å²) in [6, 6.07) is 11.7. The highest BCUT2D eigenvalue weighted by Crippen LogP contribution is 2.52. The van der Waals surface area contributed by atoms with Gasteiger partial charge in [-0.3, -0.25) is 9.69 Å². The summed E-state index contributed by atoms with van der Waals surface area (Å²) in [5, 5.41) is 12.8. The summed E-state index contributed by atoms with van der Waals surface area (Å²) >= 11 is 9.49. The van der Waals surface area contributed by atoms with Gasteiger partial charge in [-0.2, -0.15) is 5.26 Å². The molecule has 1 aromatic heterocycles. The Hall–Kier alpha value is -2.20. The molecule has 0 saturated heterocycles. The van der Waals surface area contributed by atoms with Crippen LogP contribution < -0.4 is 10.6 Å². The van der Waals surface area contributed by atoms with Gasteiger partial charge in [0, 0.05) is 28.4 Å². The summed E-state index contributed by atoms with van der Waals surface area (Å²) in [6.45, 7) is 6.31. The minimum absolute atomic E-state index is 0.0918. The Morgan fingerprint density at radius 1 is 1.29 bits per heavy atom. The van der Waals surface area contributed by atoms with Crippen molar-refractivity contribution in [2.24, 2.45) is 11.1 Å². The summed E-state index contributed by atoms with van der Waals surface area (Å²) in [4.78, 5) is 15.4. The van der Waals surface area contributed by atoms with Gasteiger partial charge >= 0.3 is 0 Å². The second kappa shape index (κ2) is 8.38. The van der Waals surface area contributed by atoms with Gasteiger partial charge in [0.25, 0.3) is 0 Å². The summed E-state index contributed by atoms with van der Waals surface area (Å²) in [5.41, 5.74) is 10.3. The molecule has 2 aromatic rings. The molecule has 4 nitrogen and oxygen atoms in total. The number of benzene rings is 1. The predicted molar refractivity (Wildman–Crippen MR) is 129 cm³/mol. The first kappa shape index (κ1) is 22.0. The Morgan fingerprint density at radius 2 is 2.00 bits per heavy atom. The van der Waals surface area contributed by atoms with Crippen molar-refractivity contribution in [2.75, 3.05) is 10.7 Å². The van der Waals surface area contributed by atoms with E-state index in [4.69, 9.17) is 17.3 Å². The van der Waals surface area contributed by atoms with Gasteiger partial charge in [-0.1, -0.05) is 32.4 Å². The lowest BCUT2D eigenvalue weighted by Crippen LogP contribution is -2.42. The first-order valence-electron chi connectivity index (χ1n) is 10.2. The van der Waals surface area contributed by atoms with Crippen LogP contribution in [0.25, 0.3) is 0 Å². The van der Waals surface area contributed by atoms with Gasteiger partial charge in [0.05, 0.1) is 21.8 Å². The topological polar surface area (TPSA) is 70.1 Å². The molecule has 4 rings (SSSR count). The quantitative estimate of drug-likeness (QED) is 0.520. The first-order valence-corrected chi connectivity index (χ1v) is 12.4. The molecule has 7 heteroatoms. The van der Waals surface area contributed by atoms with Crippen molar-refractivity contribution in [3.8, 4) is 6.07 Å². The number of anilines is 1. The molecule has 2 N–H and O–H groups in total. The van der Waals surface area contributed by atoms with E-state index in [-0.39, 0.29) is 11.2 Å². The van der Waals surface area contributed by atoms with E-state index in [1.807, 2.05) is 28.5 Å². The smallest absolute Gasteiger partial charge is 0.162 e. The largest absolute Gasteiger partial charge is 0.384 e. The van der Waals surface area contributed by atoms with Gasteiger partial charge in [-0.05, 0) is 58.9 Å². The van der Waals surface area contributed by atoms with E-state index in [9.17, 15) is 10.1 Å². The Balaban J connectivity index is 1.98. The number of carbonyl (C=O) groups excluding carboxylic acids is 1. The minimum atomic E-state index is -0.424. The van der Waals surface area contributed by atoms with Crippen LogP contribution >= 0.6 is 34.7 Å². The third-order valence-electron chi connectivity index (χ3n) is 5.71. The minimum Gasteiger partial charge on any atom is -0.384 e. The van der Waals surface area contributed by atoms with E-state index in [1.165, 1.54) is 0 Å². The number of Topliss-reactive ketones (excluding diaryl/α,β-unsaturated/α-hetero) is 1. The van der Waals surface area contributed by atoms with Crippen LogP contribution in [-0.2, 0) is 4.79 Å². The van der Waals surface area contributed by atoms with Crippen molar-refractivity contribution in [3.63, 3.8) is 0 Å². The van der Waals surface area contributed by atoms with E-state index in [0.29, 0.717) is 34.8 Å². The number of ketones is 1. The zero-order chi connectivity index (χ0) is 22.3. The lowest BCUT2D eigenvalue weighted by Gasteiger charge is -2.43. The van der Waals surface area contributed by atoms with Crippen LogP contribution in [0.1, 0.15) is 45.1 Å². The van der Waals surface area contributed by atoms with Crippen LogP contribution in [0.5, 0.6) is 0 Å². The Bertz CT molecular complexity index is 1140. The highest BCUT2D eigenvalue weighted by molar-refractivity contribution is 8.01. The second-order valence-electron chi connectivity index (χ2n) is 8.55. The molecule has 0 saturated carbocycles. The fourth-order valence-corrected chi connectivity index (χ4v) is 6.67. The number of thioether (sulfide) groups is 1.